The first kappa shape index (κ1) is 18.0. The summed E-state index contributed by atoms with van der Waals surface area (Å²) in [7, 11) is 3.18. The zero-order chi connectivity index (χ0) is 19.7. The Labute approximate surface area is 163 Å². The van der Waals surface area contributed by atoms with Crippen molar-refractivity contribution in [1.82, 2.24) is 14.9 Å². The summed E-state index contributed by atoms with van der Waals surface area (Å²) in [6, 6.07) is 13.9. The van der Waals surface area contributed by atoms with Crippen molar-refractivity contribution >= 4 is 27.7 Å². The van der Waals surface area contributed by atoms with Gasteiger partial charge in [-0.2, -0.15) is 0 Å². The molecule has 0 fully saturated rings. The molecular weight excluding hydrogens is 354 g/mol. The molecule has 4 rings (SSSR count). The molecule has 0 aliphatic heterocycles. The van der Waals surface area contributed by atoms with Crippen LogP contribution >= 0.6 is 0 Å². The van der Waals surface area contributed by atoms with E-state index in [0.29, 0.717) is 30.3 Å². The quantitative estimate of drug-likeness (QED) is 0.536. The van der Waals surface area contributed by atoms with E-state index in [1.54, 1.807) is 14.2 Å². The number of ether oxygens (including phenoxy) is 2. The van der Waals surface area contributed by atoms with Crippen LogP contribution in [0, 0.1) is 6.92 Å². The van der Waals surface area contributed by atoms with Crippen molar-refractivity contribution in [2.24, 2.45) is 0 Å². The van der Waals surface area contributed by atoms with Crippen molar-refractivity contribution in [1.29, 1.82) is 0 Å². The van der Waals surface area contributed by atoms with E-state index in [1.165, 1.54) is 16.5 Å². The zero-order valence-corrected chi connectivity index (χ0v) is 16.2. The Balaban J connectivity index is 1.47. The molecule has 0 saturated heterocycles. The molecule has 0 unspecified atom stereocenters. The van der Waals surface area contributed by atoms with Crippen LogP contribution in [0.1, 0.15) is 16.1 Å². The normalized spacial score (nSPS) is 11.1. The van der Waals surface area contributed by atoms with Crippen LogP contribution < -0.4 is 14.8 Å². The minimum absolute atomic E-state index is 0.137. The van der Waals surface area contributed by atoms with Crippen LogP contribution in [0.25, 0.3) is 21.8 Å². The number of benzene rings is 2. The number of nitrogens with zero attached hydrogens (tertiary/aromatic N) is 1. The minimum atomic E-state index is -0.137. The Morgan fingerprint density at radius 2 is 1.89 bits per heavy atom. The number of aromatic nitrogens is 2. The maximum Gasteiger partial charge on any atom is 0.267 e. The Morgan fingerprint density at radius 1 is 1.11 bits per heavy atom. The first-order valence-electron chi connectivity index (χ1n) is 9.18. The summed E-state index contributed by atoms with van der Waals surface area (Å²) in [5, 5.41) is 5.12. The third kappa shape index (κ3) is 3.17. The summed E-state index contributed by atoms with van der Waals surface area (Å²) in [6.45, 7) is 3.35. The standard InChI is InChI=1S/C22H23N3O3/c1-14-5-4-6-19-16(14)7-9-25(19)10-8-23-22(26)18-11-15-12-20(27-2)21(28-3)13-17(15)24-18/h4-7,9,11-13,24H,8,10H2,1-3H3,(H,23,26). The van der Waals surface area contributed by atoms with Crippen molar-refractivity contribution < 1.29 is 14.3 Å². The lowest BCUT2D eigenvalue weighted by molar-refractivity contribution is 0.0948. The van der Waals surface area contributed by atoms with Crippen LogP contribution in [0.4, 0.5) is 0 Å². The summed E-state index contributed by atoms with van der Waals surface area (Å²) >= 11 is 0. The van der Waals surface area contributed by atoms with E-state index in [4.69, 9.17) is 9.47 Å². The first-order valence-corrected chi connectivity index (χ1v) is 9.18. The van der Waals surface area contributed by atoms with Gasteiger partial charge in [0.15, 0.2) is 11.5 Å². The Hall–Kier alpha value is -3.41. The smallest absolute Gasteiger partial charge is 0.267 e. The summed E-state index contributed by atoms with van der Waals surface area (Å²) in [4.78, 5) is 15.7. The van der Waals surface area contributed by atoms with E-state index < -0.39 is 0 Å². The third-order valence-electron chi connectivity index (χ3n) is 5.04. The van der Waals surface area contributed by atoms with E-state index in [1.807, 2.05) is 18.2 Å². The van der Waals surface area contributed by atoms with Gasteiger partial charge in [0.1, 0.15) is 5.69 Å². The van der Waals surface area contributed by atoms with E-state index in [-0.39, 0.29) is 5.91 Å². The SMILES string of the molecule is COc1cc2cc(C(=O)NCCn3ccc4c(C)cccc43)[nH]c2cc1OC. The number of H-pyrrole nitrogens is 1. The number of hydrogen-bond acceptors (Lipinski definition) is 3. The van der Waals surface area contributed by atoms with Crippen LogP contribution in [-0.4, -0.2) is 36.2 Å². The fraction of sp³-hybridized carbons (Fsp3) is 0.227. The van der Waals surface area contributed by atoms with Gasteiger partial charge in [0, 0.05) is 47.2 Å². The molecule has 2 aromatic carbocycles. The monoisotopic (exact) mass is 377 g/mol. The summed E-state index contributed by atoms with van der Waals surface area (Å²) in [6.07, 6.45) is 2.06. The van der Waals surface area contributed by atoms with Gasteiger partial charge in [0.05, 0.1) is 14.2 Å². The van der Waals surface area contributed by atoms with Gasteiger partial charge in [-0.15, -0.1) is 0 Å². The van der Waals surface area contributed by atoms with Gasteiger partial charge in [0.25, 0.3) is 5.91 Å². The second kappa shape index (κ2) is 7.31. The summed E-state index contributed by atoms with van der Waals surface area (Å²) in [5.41, 5.74) is 3.77. The molecule has 2 heterocycles. The van der Waals surface area contributed by atoms with Gasteiger partial charge in [-0.05, 0) is 36.8 Å². The van der Waals surface area contributed by atoms with Gasteiger partial charge >= 0.3 is 0 Å². The second-order valence-corrected chi connectivity index (χ2v) is 6.75. The van der Waals surface area contributed by atoms with Crippen LogP contribution in [-0.2, 0) is 6.54 Å². The van der Waals surface area contributed by atoms with Crippen molar-refractivity contribution in [3.8, 4) is 11.5 Å². The highest BCUT2D eigenvalue weighted by atomic mass is 16.5. The number of aryl methyl sites for hydroxylation is 1. The molecule has 144 valence electrons. The number of methoxy groups -OCH3 is 2. The molecule has 2 aromatic heterocycles. The summed E-state index contributed by atoms with van der Waals surface area (Å²) in [5.74, 6) is 1.12. The molecule has 6 heteroatoms. The highest BCUT2D eigenvalue weighted by Gasteiger charge is 2.13. The predicted molar refractivity (Wildman–Crippen MR) is 110 cm³/mol. The van der Waals surface area contributed by atoms with Gasteiger partial charge in [-0.25, -0.2) is 0 Å². The van der Waals surface area contributed by atoms with E-state index in [9.17, 15) is 4.79 Å². The fourth-order valence-corrected chi connectivity index (χ4v) is 3.54. The number of nitrogens with one attached hydrogen (secondary N) is 2. The first-order chi connectivity index (χ1) is 13.6. The Morgan fingerprint density at radius 3 is 2.68 bits per heavy atom. The number of rotatable bonds is 6. The maximum atomic E-state index is 12.6. The molecule has 0 aliphatic carbocycles. The predicted octanol–water partition coefficient (Wildman–Crippen LogP) is 3.88. The molecule has 0 spiro atoms. The number of aromatic amines is 1. The average molecular weight is 377 g/mol. The van der Waals surface area contributed by atoms with Gasteiger partial charge in [-0.1, -0.05) is 12.1 Å². The van der Waals surface area contributed by atoms with Gasteiger partial charge < -0.3 is 24.3 Å². The highest BCUT2D eigenvalue weighted by Crippen LogP contribution is 2.32. The average Bonchev–Trinajstić information content (AvgIpc) is 3.31. The molecule has 0 atom stereocenters. The van der Waals surface area contributed by atoms with Crippen molar-refractivity contribution in [3.05, 3.63) is 59.9 Å². The van der Waals surface area contributed by atoms with Crippen LogP contribution in [0.5, 0.6) is 11.5 Å². The number of hydrogen-bond donors (Lipinski definition) is 2. The van der Waals surface area contributed by atoms with Gasteiger partial charge in [-0.3, -0.25) is 4.79 Å². The molecule has 2 N–H and O–H groups in total. The molecule has 0 aliphatic rings. The molecular formula is C22H23N3O3. The topological polar surface area (TPSA) is 68.3 Å². The molecule has 4 aromatic rings. The minimum Gasteiger partial charge on any atom is -0.493 e. The lowest BCUT2D eigenvalue weighted by Crippen LogP contribution is -2.27. The molecule has 0 radical (unpaired) electrons. The van der Waals surface area contributed by atoms with E-state index >= 15 is 0 Å². The zero-order valence-electron chi connectivity index (χ0n) is 16.2. The maximum absolute atomic E-state index is 12.6. The fourth-order valence-electron chi connectivity index (χ4n) is 3.54. The second-order valence-electron chi connectivity index (χ2n) is 6.75. The third-order valence-corrected chi connectivity index (χ3v) is 5.04. The number of carbonyl (C=O) groups is 1. The molecule has 1 amide bonds. The van der Waals surface area contributed by atoms with E-state index in [2.05, 4.69) is 52.3 Å². The lowest BCUT2D eigenvalue weighted by Gasteiger charge is -2.07. The Kier molecular flexibility index (Phi) is 4.69. The molecule has 0 bridgehead atoms. The highest BCUT2D eigenvalue weighted by molar-refractivity contribution is 5.98. The van der Waals surface area contributed by atoms with Crippen LogP contribution in [0.2, 0.25) is 0 Å². The van der Waals surface area contributed by atoms with Crippen molar-refractivity contribution in [2.45, 2.75) is 13.5 Å². The number of carbonyl (C=O) groups excluding carboxylic acids is 1. The molecule has 28 heavy (non-hydrogen) atoms. The largest absolute Gasteiger partial charge is 0.493 e. The van der Waals surface area contributed by atoms with Crippen molar-refractivity contribution in [2.75, 3.05) is 20.8 Å². The van der Waals surface area contributed by atoms with Crippen LogP contribution in [0.3, 0.4) is 0 Å². The Bertz CT molecular complexity index is 1120. The summed E-state index contributed by atoms with van der Waals surface area (Å²) < 4.78 is 12.8. The molecule has 6 nitrogen and oxygen atoms in total. The van der Waals surface area contributed by atoms with E-state index in [0.717, 1.165) is 10.9 Å². The molecule has 0 saturated carbocycles. The lowest BCUT2D eigenvalue weighted by atomic mass is 10.1. The number of amides is 1. The van der Waals surface area contributed by atoms with Gasteiger partial charge in [0.2, 0.25) is 0 Å². The van der Waals surface area contributed by atoms with Crippen LogP contribution in [0.15, 0.2) is 48.7 Å². The number of fused-ring (bicyclic) bond motifs is 2. The van der Waals surface area contributed by atoms with Crippen molar-refractivity contribution in [3.63, 3.8) is 0 Å².